The third-order valence-electron chi connectivity index (χ3n) is 3.37. The molecule has 0 fully saturated rings. The monoisotopic (exact) mass is 271 g/mol. The van der Waals surface area contributed by atoms with E-state index >= 15 is 0 Å². The van der Waals surface area contributed by atoms with Gasteiger partial charge in [-0.3, -0.25) is 4.57 Å². The second-order valence-electron chi connectivity index (χ2n) is 4.70. The molecule has 0 spiro atoms. The molecule has 0 radical (unpaired) electrons. The number of hydrogen-bond acceptors (Lipinski definition) is 2. The molecule has 0 saturated heterocycles. The minimum atomic E-state index is 0.486. The van der Waals surface area contributed by atoms with Crippen LogP contribution in [0, 0.1) is 13.8 Å². The lowest BCUT2D eigenvalue weighted by Crippen LogP contribution is -1.97. The summed E-state index contributed by atoms with van der Waals surface area (Å²) in [4.78, 5) is 8.84. The molecule has 0 aliphatic carbocycles. The molecular weight excluding hydrogens is 258 g/mol. The van der Waals surface area contributed by atoms with Crippen molar-refractivity contribution in [2.75, 3.05) is 0 Å². The minimum Gasteiger partial charge on any atom is -0.283 e. The maximum absolute atomic E-state index is 5.87. The Morgan fingerprint density at radius 1 is 1.11 bits per heavy atom. The average Bonchev–Trinajstić information content (AvgIpc) is 2.82. The van der Waals surface area contributed by atoms with Crippen LogP contribution in [0.25, 0.3) is 16.9 Å². The summed E-state index contributed by atoms with van der Waals surface area (Å²) in [6.45, 7) is 4.20. The van der Waals surface area contributed by atoms with Gasteiger partial charge in [0.15, 0.2) is 0 Å². The Balaban J connectivity index is 2.22. The Kier molecular flexibility index (Phi) is 2.99. The van der Waals surface area contributed by atoms with Crippen LogP contribution in [0.4, 0.5) is 0 Å². The molecule has 0 aliphatic heterocycles. The molecule has 0 amide bonds. The topological polar surface area (TPSA) is 30.7 Å². The van der Waals surface area contributed by atoms with Crippen LogP contribution < -0.4 is 0 Å². The standard InChI is InChI=1S/C15H14ClN3/c1-10-5-13-14(6-11(10)2)19(9-18-13)15-7-12(8-16)3-4-17-15/h3-7,9H,8H2,1-2H3. The van der Waals surface area contributed by atoms with Crippen molar-refractivity contribution in [2.45, 2.75) is 19.7 Å². The normalized spacial score (nSPS) is 11.1. The van der Waals surface area contributed by atoms with Crippen LogP contribution in [0.15, 0.2) is 36.8 Å². The molecule has 2 aromatic heterocycles. The predicted octanol–water partition coefficient (Wildman–Crippen LogP) is 3.78. The van der Waals surface area contributed by atoms with Gasteiger partial charge in [0.1, 0.15) is 12.1 Å². The highest BCUT2D eigenvalue weighted by atomic mass is 35.5. The van der Waals surface area contributed by atoms with Gasteiger partial charge in [-0.15, -0.1) is 11.6 Å². The van der Waals surface area contributed by atoms with Crippen molar-refractivity contribution < 1.29 is 0 Å². The van der Waals surface area contributed by atoms with E-state index in [1.807, 2.05) is 23.0 Å². The lowest BCUT2D eigenvalue weighted by Gasteiger charge is -2.06. The Morgan fingerprint density at radius 3 is 2.68 bits per heavy atom. The number of imidazole rings is 1. The van der Waals surface area contributed by atoms with Gasteiger partial charge in [-0.05, 0) is 54.8 Å². The highest BCUT2D eigenvalue weighted by Gasteiger charge is 2.07. The van der Waals surface area contributed by atoms with Gasteiger partial charge in [0.25, 0.3) is 0 Å². The molecule has 0 bridgehead atoms. The van der Waals surface area contributed by atoms with E-state index in [-0.39, 0.29) is 0 Å². The van der Waals surface area contributed by atoms with Gasteiger partial charge in [-0.25, -0.2) is 9.97 Å². The quantitative estimate of drug-likeness (QED) is 0.664. The molecule has 3 aromatic rings. The fourth-order valence-corrected chi connectivity index (χ4v) is 2.29. The first-order chi connectivity index (χ1) is 9.19. The van der Waals surface area contributed by atoms with E-state index in [1.54, 1.807) is 6.20 Å². The van der Waals surface area contributed by atoms with Crippen LogP contribution in [-0.4, -0.2) is 14.5 Å². The maximum Gasteiger partial charge on any atom is 0.138 e. The molecular formula is C15H14ClN3. The number of hydrogen-bond donors (Lipinski definition) is 0. The van der Waals surface area contributed by atoms with Gasteiger partial charge < -0.3 is 0 Å². The molecule has 96 valence electrons. The summed E-state index contributed by atoms with van der Waals surface area (Å²) in [7, 11) is 0. The molecule has 0 unspecified atom stereocenters. The number of fused-ring (bicyclic) bond motifs is 1. The van der Waals surface area contributed by atoms with Crippen LogP contribution in [0.1, 0.15) is 16.7 Å². The first-order valence-electron chi connectivity index (χ1n) is 6.14. The molecule has 0 atom stereocenters. The molecule has 3 rings (SSSR count). The fraction of sp³-hybridized carbons (Fsp3) is 0.200. The Labute approximate surface area is 116 Å². The van der Waals surface area contributed by atoms with Crippen molar-refractivity contribution in [1.29, 1.82) is 0 Å². The molecule has 0 aliphatic rings. The SMILES string of the molecule is Cc1cc2ncn(-c3cc(CCl)ccn3)c2cc1C. The predicted molar refractivity (Wildman–Crippen MR) is 77.9 cm³/mol. The van der Waals surface area contributed by atoms with Crippen molar-refractivity contribution in [1.82, 2.24) is 14.5 Å². The van der Waals surface area contributed by atoms with Crippen molar-refractivity contribution >= 4 is 22.6 Å². The smallest absolute Gasteiger partial charge is 0.138 e. The van der Waals surface area contributed by atoms with Crippen LogP contribution in [0.2, 0.25) is 0 Å². The number of benzene rings is 1. The van der Waals surface area contributed by atoms with E-state index in [9.17, 15) is 0 Å². The van der Waals surface area contributed by atoms with Crippen LogP contribution >= 0.6 is 11.6 Å². The highest BCUT2D eigenvalue weighted by molar-refractivity contribution is 6.17. The van der Waals surface area contributed by atoms with E-state index < -0.39 is 0 Å². The summed E-state index contributed by atoms with van der Waals surface area (Å²) in [6, 6.07) is 8.16. The van der Waals surface area contributed by atoms with Gasteiger partial charge in [0, 0.05) is 12.1 Å². The van der Waals surface area contributed by atoms with Gasteiger partial charge in [-0.1, -0.05) is 0 Å². The number of nitrogens with zero attached hydrogens (tertiary/aromatic N) is 3. The zero-order valence-corrected chi connectivity index (χ0v) is 11.6. The van der Waals surface area contributed by atoms with E-state index in [0.717, 1.165) is 22.4 Å². The van der Waals surface area contributed by atoms with E-state index in [4.69, 9.17) is 11.6 Å². The third kappa shape index (κ3) is 2.10. The molecule has 0 N–H and O–H groups in total. The number of aryl methyl sites for hydroxylation is 2. The van der Waals surface area contributed by atoms with Crippen molar-refractivity contribution in [3.63, 3.8) is 0 Å². The highest BCUT2D eigenvalue weighted by Crippen LogP contribution is 2.21. The number of pyridine rings is 1. The number of halogens is 1. The molecule has 3 nitrogen and oxygen atoms in total. The molecule has 2 heterocycles. The summed E-state index contributed by atoms with van der Waals surface area (Å²) in [5.74, 6) is 1.34. The van der Waals surface area contributed by atoms with Crippen LogP contribution in [-0.2, 0) is 5.88 Å². The second-order valence-corrected chi connectivity index (χ2v) is 4.96. The number of aromatic nitrogens is 3. The summed E-state index contributed by atoms with van der Waals surface area (Å²) >= 11 is 5.87. The second kappa shape index (κ2) is 4.67. The average molecular weight is 272 g/mol. The van der Waals surface area contributed by atoms with Crippen molar-refractivity contribution in [3.05, 3.63) is 53.5 Å². The number of alkyl halides is 1. The fourth-order valence-electron chi connectivity index (χ4n) is 2.12. The largest absolute Gasteiger partial charge is 0.283 e. The lowest BCUT2D eigenvalue weighted by molar-refractivity contribution is 1.01. The first kappa shape index (κ1) is 12.2. The molecule has 19 heavy (non-hydrogen) atoms. The van der Waals surface area contributed by atoms with Gasteiger partial charge >= 0.3 is 0 Å². The Hall–Kier alpha value is -1.87. The lowest BCUT2D eigenvalue weighted by atomic mass is 10.1. The zero-order valence-electron chi connectivity index (χ0n) is 10.9. The molecule has 0 saturated carbocycles. The third-order valence-corrected chi connectivity index (χ3v) is 3.68. The summed E-state index contributed by atoms with van der Waals surface area (Å²) in [5, 5.41) is 0. The van der Waals surface area contributed by atoms with E-state index in [0.29, 0.717) is 5.88 Å². The Bertz CT molecular complexity index is 746. The molecule has 1 aromatic carbocycles. The van der Waals surface area contributed by atoms with Gasteiger partial charge in [0.2, 0.25) is 0 Å². The first-order valence-corrected chi connectivity index (χ1v) is 6.68. The molecule has 4 heteroatoms. The van der Waals surface area contributed by atoms with Gasteiger partial charge in [0.05, 0.1) is 11.0 Å². The van der Waals surface area contributed by atoms with Crippen LogP contribution in [0.3, 0.4) is 0 Å². The van der Waals surface area contributed by atoms with E-state index in [2.05, 4.69) is 35.9 Å². The number of rotatable bonds is 2. The summed E-state index contributed by atoms with van der Waals surface area (Å²) in [5.41, 5.74) is 5.61. The minimum absolute atomic E-state index is 0.486. The van der Waals surface area contributed by atoms with Gasteiger partial charge in [-0.2, -0.15) is 0 Å². The summed E-state index contributed by atoms with van der Waals surface area (Å²) in [6.07, 6.45) is 3.59. The van der Waals surface area contributed by atoms with Crippen molar-refractivity contribution in [2.24, 2.45) is 0 Å². The van der Waals surface area contributed by atoms with E-state index in [1.165, 1.54) is 11.1 Å². The van der Waals surface area contributed by atoms with Crippen molar-refractivity contribution in [3.8, 4) is 5.82 Å². The zero-order chi connectivity index (χ0) is 13.4. The maximum atomic E-state index is 5.87. The Morgan fingerprint density at radius 2 is 1.89 bits per heavy atom. The van der Waals surface area contributed by atoms with Crippen LogP contribution in [0.5, 0.6) is 0 Å². The summed E-state index contributed by atoms with van der Waals surface area (Å²) < 4.78 is 2.00.